The minimum atomic E-state index is -4.58. The predicted octanol–water partition coefficient (Wildman–Crippen LogP) is 3.98. The summed E-state index contributed by atoms with van der Waals surface area (Å²) >= 11 is 0. The van der Waals surface area contributed by atoms with Gasteiger partial charge in [0.05, 0.1) is 12.3 Å². The first-order valence-electron chi connectivity index (χ1n) is 8.12. The van der Waals surface area contributed by atoms with E-state index in [0.717, 1.165) is 12.3 Å². The smallest absolute Gasteiger partial charge is 0.397 e. The number of nitrogens with two attached hydrogens (primary N) is 1. The highest BCUT2D eigenvalue weighted by molar-refractivity contribution is 5.91. The molecule has 2 aromatic heterocycles. The van der Waals surface area contributed by atoms with Crippen molar-refractivity contribution in [2.45, 2.75) is 12.8 Å². The number of benzene rings is 1. The Bertz CT molecular complexity index is 1020. The normalized spacial score (nSPS) is 11.3. The van der Waals surface area contributed by atoms with Gasteiger partial charge in [0, 0.05) is 35.4 Å². The van der Waals surface area contributed by atoms with E-state index in [2.05, 4.69) is 15.3 Å². The molecule has 0 unspecified atom stereocenters. The van der Waals surface area contributed by atoms with Gasteiger partial charge in [0.15, 0.2) is 0 Å². The molecule has 144 valence electrons. The van der Waals surface area contributed by atoms with Gasteiger partial charge in [-0.2, -0.15) is 13.2 Å². The summed E-state index contributed by atoms with van der Waals surface area (Å²) in [5, 5.41) is 20.1. The highest BCUT2D eigenvalue weighted by Crippen LogP contribution is 2.32. The standard InChI is InChI=1S/C19H16F3N5O/c20-19(21,22)17-2-1-3-18(27-17)26-16-6-11(4-13(10-28)15(16)7-23)12-5-14(24)9-25-8-12/h1-9,23,28H,10,24H2,(H,26,27). The number of alkyl halides is 3. The van der Waals surface area contributed by atoms with E-state index in [1.807, 2.05) is 0 Å². The van der Waals surface area contributed by atoms with Gasteiger partial charge in [-0.1, -0.05) is 6.07 Å². The SMILES string of the molecule is N=Cc1c(CO)cc(-c2cncc(N)c2)cc1Nc1cccc(C(F)(F)F)n1. The Kier molecular flexibility index (Phi) is 5.27. The van der Waals surface area contributed by atoms with Crippen LogP contribution in [-0.4, -0.2) is 21.3 Å². The lowest BCUT2D eigenvalue weighted by atomic mass is 9.98. The third-order valence-electron chi connectivity index (χ3n) is 3.98. The summed E-state index contributed by atoms with van der Waals surface area (Å²) in [5.41, 5.74) is 7.53. The van der Waals surface area contributed by atoms with Gasteiger partial charge >= 0.3 is 6.18 Å². The molecule has 3 aromatic rings. The van der Waals surface area contributed by atoms with Crippen LogP contribution in [0.2, 0.25) is 0 Å². The van der Waals surface area contributed by atoms with Gasteiger partial charge in [-0.15, -0.1) is 0 Å². The molecule has 28 heavy (non-hydrogen) atoms. The first kappa shape index (κ1) is 19.3. The molecule has 0 amide bonds. The number of aromatic nitrogens is 2. The molecule has 0 radical (unpaired) electrons. The molecule has 3 rings (SSSR count). The van der Waals surface area contributed by atoms with Crippen molar-refractivity contribution in [1.29, 1.82) is 5.41 Å². The fourth-order valence-corrected chi connectivity index (χ4v) is 2.70. The second-order valence-corrected chi connectivity index (χ2v) is 5.94. The number of aliphatic hydroxyl groups excluding tert-OH is 1. The van der Waals surface area contributed by atoms with Crippen LogP contribution in [0, 0.1) is 5.41 Å². The minimum absolute atomic E-state index is 0.0373. The quantitative estimate of drug-likeness (QED) is 0.495. The molecule has 0 atom stereocenters. The van der Waals surface area contributed by atoms with Crippen LogP contribution in [0.15, 0.2) is 48.8 Å². The zero-order valence-electron chi connectivity index (χ0n) is 14.5. The molecule has 0 saturated heterocycles. The third-order valence-corrected chi connectivity index (χ3v) is 3.98. The van der Waals surface area contributed by atoms with E-state index in [9.17, 15) is 18.3 Å². The molecular formula is C19H16F3N5O. The van der Waals surface area contributed by atoms with Crippen molar-refractivity contribution in [3.63, 3.8) is 0 Å². The number of pyridine rings is 2. The lowest BCUT2D eigenvalue weighted by molar-refractivity contribution is -0.141. The number of halogens is 3. The van der Waals surface area contributed by atoms with Crippen molar-refractivity contribution < 1.29 is 18.3 Å². The molecule has 2 heterocycles. The molecule has 0 aliphatic carbocycles. The van der Waals surface area contributed by atoms with Crippen molar-refractivity contribution in [3.8, 4) is 11.1 Å². The maximum atomic E-state index is 12.9. The Morgan fingerprint density at radius 1 is 1.14 bits per heavy atom. The van der Waals surface area contributed by atoms with E-state index in [1.165, 1.54) is 18.3 Å². The number of nitrogens with one attached hydrogen (secondary N) is 2. The lowest BCUT2D eigenvalue weighted by Crippen LogP contribution is -2.09. The summed E-state index contributed by atoms with van der Waals surface area (Å²) < 4.78 is 38.7. The fraction of sp³-hybridized carbons (Fsp3) is 0.105. The number of hydrogen-bond acceptors (Lipinski definition) is 6. The molecule has 9 heteroatoms. The molecule has 0 aliphatic heterocycles. The van der Waals surface area contributed by atoms with E-state index < -0.39 is 11.9 Å². The molecule has 0 spiro atoms. The first-order chi connectivity index (χ1) is 13.3. The number of anilines is 3. The first-order valence-corrected chi connectivity index (χ1v) is 8.12. The average molecular weight is 387 g/mol. The van der Waals surface area contributed by atoms with E-state index in [-0.39, 0.29) is 12.4 Å². The highest BCUT2D eigenvalue weighted by atomic mass is 19.4. The summed E-state index contributed by atoms with van der Waals surface area (Å²) in [4.78, 5) is 7.60. The van der Waals surface area contributed by atoms with Gasteiger partial charge in [-0.3, -0.25) is 4.98 Å². The monoisotopic (exact) mass is 387 g/mol. The number of nitrogens with zero attached hydrogens (tertiary/aromatic N) is 2. The lowest BCUT2D eigenvalue weighted by Gasteiger charge is -2.16. The maximum absolute atomic E-state index is 12.9. The van der Waals surface area contributed by atoms with Crippen LogP contribution in [-0.2, 0) is 12.8 Å². The minimum Gasteiger partial charge on any atom is -0.397 e. The van der Waals surface area contributed by atoms with Crippen molar-refractivity contribution in [2.75, 3.05) is 11.1 Å². The Labute approximate surface area is 158 Å². The van der Waals surface area contributed by atoms with Crippen LogP contribution in [0.25, 0.3) is 11.1 Å². The summed E-state index contributed by atoms with van der Waals surface area (Å²) in [5.74, 6) is -0.0373. The number of aliphatic hydroxyl groups is 1. The molecule has 5 N–H and O–H groups in total. The van der Waals surface area contributed by atoms with Gasteiger partial charge in [-0.05, 0) is 41.5 Å². The van der Waals surface area contributed by atoms with E-state index in [1.54, 1.807) is 24.4 Å². The van der Waals surface area contributed by atoms with Gasteiger partial charge < -0.3 is 21.6 Å². The van der Waals surface area contributed by atoms with E-state index >= 15 is 0 Å². The van der Waals surface area contributed by atoms with E-state index in [0.29, 0.717) is 33.6 Å². The summed E-state index contributed by atoms with van der Waals surface area (Å²) in [6.45, 7) is -0.362. The van der Waals surface area contributed by atoms with Crippen LogP contribution >= 0.6 is 0 Å². The second-order valence-electron chi connectivity index (χ2n) is 5.94. The molecule has 1 aromatic carbocycles. The largest absolute Gasteiger partial charge is 0.433 e. The maximum Gasteiger partial charge on any atom is 0.433 e. The zero-order chi connectivity index (χ0) is 20.3. The molecule has 0 bridgehead atoms. The Balaban J connectivity index is 2.09. The average Bonchev–Trinajstić information content (AvgIpc) is 2.67. The summed E-state index contributed by atoms with van der Waals surface area (Å²) in [7, 11) is 0. The summed E-state index contributed by atoms with van der Waals surface area (Å²) in [6, 6.07) is 8.48. The van der Waals surface area contributed by atoms with Crippen LogP contribution in [0.3, 0.4) is 0 Å². The second kappa shape index (κ2) is 7.65. The molecule has 0 saturated carbocycles. The van der Waals surface area contributed by atoms with Crippen molar-refractivity contribution in [2.24, 2.45) is 0 Å². The fourth-order valence-electron chi connectivity index (χ4n) is 2.70. The van der Waals surface area contributed by atoms with E-state index in [4.69, 9.17) is 11.1 Å². The Morgan fingerprint density at radius 2 is 1.93 bits per heavy atom. The molecule has 6 nitrogen and oxygen atoms in total. The van der Waals surface area contributed by atoms with Gasteiger partial charge in [0.25, 0.3) is 0 Å². The Morgan fingerprint density at radius 3 is 2.57 bits per heavy atom. The molecule has 0 aliphatic rings. The van der Waals surface area contributed by atoms with Gasteiger partial charge in [0.2, 0.25) is 0 Å². The molecular weight excluding hydrogens is 371 g/mol. The predicted molar refractivity (Wildman–Crippen MR) is 100 cm³/mol. The Hall–Kier alpha value is -3.46. The van der Waals surface area contributed by atoms with Crippen LogP contribution in [0.5, 0.6) is 0 Å². The number of nitrogen functional groups attached to an aromatic ring is 1. The van der Waals surface area contributed by atoms with Crippen molar-refractivity contribution in [1.82, 2.24) is 9.97 Å². The van der Waals surface area contributed by atoms with Crippen molar-refractivity contribution in [3.05, 3.63) is 65.6 Å². The van der Waals surface area contributed by atoms with Crippen LogP contribution < -0.4 is 11.1 Å². The molecule has 0 fully saturated rings. The van der Waals surface area contributed by atoms with Gasteiger partial charge in [0.1, 0.15) is 11.5 Å². The highest BCUT2D eigenvalue weighted by Gasteiger charge is 2.32. The van der Waals surface area contributed by atoms with Crippen molar-refractivity contribution >= 4 is 23.4 Å². The van der Waals surface area contributed by atoms with Crippen LogP contribution in [0.1, 0.15) is 16.8 Å². The van der Waals surface area contributed by atoms with Gasteiger partial charge in [-0.25, -0.2) is 4.98 Å². The summed E-state index contributed by atoms with van der Waals surface area (Å²) in [6.07, 6.45) is -0.506. The third kappa shape index (κ3) is 4.09. The number of hydrogen-bond donors (Lipinski definition) is 4. The number of rotatable bonds is 5. The van der Waals surface area contributed by atoms with Crippen LogP contribution in [0.4, 0.5) is 30.4 Å². The topological polar surface area (TPSA) is 108 Å². The zero-order valence-corrected chi connectivity index (χ0v) is 14.5.